The highest BCUT2D eigenvalue weighted by atomic mass is 16.2. The van der Waals surface area contributed by atoms with Gasteiger partial charge in [0, 0.05) is 26.0 Å². The molecule has 0 aliphatic carbocycles. The molecule has 1 fully saturated rings. The molecule has 1 aromatic rings. The van der Waals surface area contributed by atoms with Crippen LogP contribution in [-0.4, -0.2) is 39.9 Å². The second kappa shape index (κ2) is 4.30. The Morgan fingerprint density at radius 2 is 2.28 bits per heavy atom. The first kappa shape index (κ1) is 12.4. The van der Waals surface area contributed by atoms with Gasteiger partial charge in [-0.1, -0.05) is 6.07 Å². The second-order valence-electron chi connectivity index (χ2n) is 4.98. The number of carbonyl (C=O) groups is 1. The van der Waals surface area contributed by atoms with E-state index < -0.39 is 5.54 Å². The third-order valence-corrected chi connectivity index (χ3v) is 3.37. The van der Waals surface area contributed by atoms with Gasteiger partial charge >= 0.3 is 6.03 Å². The molecule has 2 heterocycles. The molecule has 2 amide bonds. The van der Waals surface area contributed by atoms with Crippen LogP contribution in [0.2, 0.25) is 0 Å². The Bertz CT molecular complexity index is 491. The van der Waals surface area contributed by atoms with Gasteiger partial charge in [-0.15, -0.1) is 0 Å². The van der Waals surface area contributed by atoms with Crippen molar-refractivity contribution < 1.29 is 4.79 Å². The highest BCUT2D eigenvalue weighted by Crippen LogP contribution is 2.31. The summed E-state index contributed by atoms with van der Waals surface area (Å²) >= 11 is 0. The molecule has 0 spiro atoms. The zero-order valence-electron chi connectivity index (χ0n) is 10.8. The normalized spacial score (nSPS) is 20.1. The molecule has 5 heteroatoms. The van der Waals surface area contributed by atoms with Gasteiger partial charge in [0.1, 0.15) is 5.54 Å². The molecular weight excluding hydrogens is 228 g/mol. The quantitative estimate of drug-likeness (QED) is 0.796. The van der Waals surface area contributed by atoms with Gasteiger partial charge in [0.2, 0.25) is 0 Å². The molecule has 2 rings (SSSR count). The predicted molar refractivity (Wildman–Crippen MR) is 66.5 cm³/mol. The van der Waals surface area contributed by atoms with Crippen molar-refractivity contribution in [1.29, 1.82) is 5.26 Å². The van der Waals surface area contributed by atoms with E-state index in [1.54, 1.807) is 43.1 Å². The smallest absolute Gasteiger partial charge is 0.319 e. The fraction of sp³-hybridized carbons (Fsp3) is 0.462. The lowest BCUT2D eigenvalue weighted by molar-refractivity contribution is 0.172. The largest absolute Gasteiger partial charge is 0.321 e. The number of urea groups is 1. The van der Waals surface area contributed by atoms with E-state index in [2.05, 4.69) is 11.1 Å². The monoisotopic (exact) mass is 244 g/mol. The molecule has 1 aromatic heterocycles. The molecule has 1 aliphatic rings. The van der Waals surface area contributed by atoms with E-state index in [0.29, 0.717) is 6.54 Å². The molecular formula is C13H16N4O. The first-order valence-electron chi connectivity index (χ1n) is 5.83. The van der Waals surface area contributed by atoms with Crippen LogP contribution in [0.15, 0.2) is 24.5 Å². The lowest BCUT2D eigenvalue weighted by Crippen LogP contribution is -2.44. The van der Waals surface area contributed by atoms with Gasteiger partial charge < -0.3 is 9.80 Å². The molecule has 1 saturated heterocycles. The number of aromatic nitrogens is 1. The molecule has 0 saturated carbocycles. The fourth-order valence-electron chi connectivity index (χ4n) is 2.13. The third kappa shape index (κ3) is 1.90. The van der Waals surface area contributed by atoms with Crippen LogP contribution >= 0.6 is 0 Å². The highest BCUT2D eigenvalue weighted by molar-refractivity contribution is 5.78. The summed E-state index contributed by atoms with van der Waals surface area (Å²) in [5, 5.41) is 9.14. The van der Waals surface area contributed by atoms with E-state index in [9.17, 15) is 4.79 Å². The number of likely N-dealkylation sites (N-methyl/N-ethyl adjacent to an activating group) is 1. The molecule has 0 bridgehead atoms. The van der Waals surface area contributed by atoms with E-state index in [-0.39, 0.29) is 12.1 Å². The minimum atomic E-state index is -0.789. The van der Waals surface area contributed by atoms with Gasteiger partial charge in [-0.25, -0.2) is 4.79 Å². The number of hydrogen-bond donors (Lipinski definition) is 0. The molecule has 0 aromatic carbocycles. The summed E-state index contributed by atoms with van der Waals surface area (Å²) < 4.78 is 0. The average molecular weight is 244 g/mol. The van der Waals surface area contributed by atoms with Crippen molar-refractivity contribution >= 4 is 6.03 Å². The van der Waals surface area contributed by atoms with Crippen molar-refractivity contribution in [2.75, 3.05) is 13.6 Å². The van der Waals surface area contributed by atoms with Crippen molar-refractivity contribution in [2.45, 2.75) is 25.4 Å². The van der Waals surface area contributed by atoms with Crippen LogP contribution in [0.4, 0.5) is 4.79 Å². The number of hydrogen-bond acceptors (Lipinski definition) is 3. The molecule has 94 valence electrons. The van der Waals surface area contributed by atoms with E-state index in [1.807, 2.05) is 12.1 Å². The Balaban J connectivity index is 2.29. The lowest BCUT2D eigenvalue weighted by Gasteiger charge is -2.27. The first-order chi connectivity index (χ1) is 8.47. The van der Waals surface area contributed by atoms with E-state index in [1.165, 1.54) is 0 Å². The maximum atomic E-state index is 12.2. The van der Waals surface area contributed by atoms with Crippen molar-refractivity contribution in [3.05, 3.63) is 30.1 Å². The van der Waals surface area contributed by atoms with E-state index in [4.69, 9.17) is 5.26 Å². The van der Waals surface area contributed by atoms with Crippen LogP contribution in [0.25, 0.3) is 0 Å². The lowest BCUT2D eigenvalue weighted by atomic mass is 10.0. The van der Waals surface area contributed by atoms with Crippen LogP contribution in [0, 0.1) is 11.3 Å². The number of rotatable bonds is 2. The van der Waals surface area contributed by atoms with E-state index >= 15 is 0 Å². The van der Waals surface area contributed by atoms with Crippen LogP contribution < -0.4 is 0 Å². The van der Waals surface area contributed by atoms with Gasteiger partial charge in [0.25, 0.3) is 0 Å². The van der Waals surface area contributed by atoms with Gasteiger partial charge in [-0.2, -0.15) is 5.26 Å². The van der Waals surface area contributed by atoms with Gasteiger partial charge in [0.05, 0.1) is 12.1 Å². The molecule has 1 atom stereocenters. The van der Waals surface area contributed by atoms with Gasteiger partial charge in [-0.3, -0.25) is 4.98 Å². The molecule has 0 N–H and O–H groups in total. The van der Waals surface area contributed by atoms with Crippen molar-refractivity contribution in [2.24, 2.45) is 0 Å². The summed E-state index contributed by atoms with van der Waals surface area (Å²) in [6.07, 6.45) is 3.47. The second-order valence-corrected chi connectivity index (χ2v) is 4.98. The standard InChI is InChI=1S/C13H16N4O/c1-13(2,9-14)17-8-11(16(3)12(17)18)10-5-4-6-15-7-10/h4-7,11H,8H2,1-3H3. The zero-order valence-corrected chi connectivity index (χ0v) is 10.8. The van der Waals surface area contributed by atoms with Crippen molar-refractivity contribution in [3.8, 4) is 6.07 Å². The Morgan fingerprint density at radius 3 is 2.83 bits per heavy atom. The van der Waals surface area contributed by atoms with Crippen LogP contribution in [0.3, 0.4) is 0 Å². The maximum Gasteiger partial charge on any atom is 0.321 e. The summed E-state index contributed by atoms with van der Waals surface area (Å²) in [5.41, 5.74) is 0.201. The van der Waals surface area contributed by atoms with Crippen molar-refractivity contribution in [1.82, 2.24) is 14.8 Å². The predicted octanol–water partition coefficient (Wildman–Crippen LogP) is 1.79. The molecule has 18 heavy (non-hydrogen) atoms. The maximum absolute atomic E-state index is 12.2. The SMILES string of the molecule is CN1C(=O)N(C(C)(C)C#N)CC1c1cccnc1. The summed E-state index contributed by atoms with van der Waals surface area (Å²) in [6, 6.07) is 5.81. The van der Waals surface area contributed by atoms with Crippen molar-refractivity contribution in [3.63, 3.8) is 0 Å². The molecule has 0 radical (unpaired) electrons. The Labute approximate surface area is 107 Å². The fourth-order valence-corrected chi connectivity index (χ4v) is 2.13. The molecule has 1 unspecified atom stereocenters. The van der Waals surface area contributed by atoms with E-state index in [0.717, 1.165) is 5.56 Å². The minimum absolute atomic E-state index is 0.0428. The van der Waals surface area contributed by atoms with Gasteiger partial charge in [0.15, 0.2) is 0 Å². The Morgan fingerprint density at radius 1 is 1.56 bits per heavy atom. The average Bonchev–Trinajstić information content (AvgIpc) is 2.68. The van der Waals surface area contributed by atoms with Crippen LogP contribution in [-0.2, 0) is 0 Å². The minimum Gasteiger partial charge on any atom is -0.319 e. The summed E-state index contributed by atoms with van der Waals surface area (Å²) in [6.45, 7) is 4.02. The number of nitriles is 1. The zero-order chi connectivity index (χ0) is 13.3. The molecule has 5 nitrogen and oxygen atoms in total. The molecule has 1 aliphatic heterocycles. The van der Waals surface area contributed by atoms with Gasteiger partial charge in [-0.05, 0) is 25.5 Å². The summed E-state index contributed by atoms with van der Waals surface area (Å²) in [4.78, 5) is 19.5. The highest BCUT2D eigenvalue weighted by Gasteiger charge is 2.43. The number of amides is 2. The number of pyridine rings is 1. The topological polar surface area (TPSA) is 60.2 Å². The third-order valence-electron chi connectivity index (χ3n) is 3.37. The summed E-state index contributed by atoms with van der Waals surface area (Å²) in [7, 11) is 1.76. The Kier molecular flexibility index (Phi) is 2.95. The summed E-state index contributed by atoms with van der Waals surface area (Å²) in [5.74, 6) is 0. The first-order valence-corrected chi connectivity index (χ1v) is 5.83. The van der Waals surface area contributed by atoms with Crippen LogP contribution in [0.1, 0.15) is 25.5 Å². The Hall–Kier alpha value is -2.09. The number of carbonyl (C=O) groups excluding carboxylic acids is 1. The number of nitrogens with zero attached hydrogens (tertiary/aromatic N) is 4. The van der Waals surface area contributed by atoms with Crippen LogP contribution in [0.5, 0.6) is 0 Å².